The highest BCUT2D eigenvalue weighted by Crippen LogP contribution is 2.28. The Hall–Kier alpha value is -3.43. The summed E-state index contributed by atoms with van der Waals surface area (Å²) in [6.45, 7) is 3.79. The van der Waals surface area contributed by atoms with Crippen molar-refractivity contribution in [3.05, 3.63) is 42.0 Å². The highest BCUT2D eigenvalue weighted by atomic mass is 19.1. The number of carbonyl (C=O) groups excluding carboxylic acids is 2. The summed E-state index contributed by atoms with van der Waals surface area (Å²) in [4.78, 5) is 37.2. The number of piperidine rings is 2. The molecule has 9 nitrogen and oxygen atoms in total. The van der Waals surface area contributed by atoms with E-state index >= 15 is 0 Å². The van der Waals surface area contributed by atoms with Crippen molar-refractivity contribution in [1.82, 2.24) is 14.9 Å². The number of benzene rings is 1. The number of nitrogen functional groups attached to an aromatic ring is 1. The molecule has 2 unspecified atom stereocenters. The Morgan fingerprint density at radius 3 is 2.85 bits per heavy atom. The molecular formula is C23H29FN6O3. The summed E-state index contributed by atoms with van der Waals surface area (Å²) < 4.78 is 19.6. The molecule has 176 valence electrons. The molecule has 2 fully saturated rings. The zero-order valence-corrected chi connectivity index (χ0v) is 18.7. The Balaban J connectivity index is 1.48. The van der Waals surface area contributed by atoms with Crippen LogP contribution in [-0.4, -0.2) is 65.1 Å². The summed E-state index contributed by atoms with van der Waals surface area (Å²) in [5.74, 6) is -1.07. The number of nitrogens with two attached hydrogens (primary N) is 1. The lowest BCUT2D eigenvalue weighted by Crippen LogP contribution is -2.56. The largest absolute Gasteiger partial charge is 0.462 e. The van der Waals surface area contributed by atoms with Crippen LogP contribution in [0.2, 0.25) is 0 Å². The summed E-state index contributed by atoms with van der Waals surface area (Å²) >= 11 is 0. The number of ether oxygens (including phenoxy) is 1. The zero-order chi connectivity index (χ0) is 23.4. The second-order valence-corrected chi connectivity index (χ2v) is 8.28. The summed E-state index contributed by atoms with van der Waals surface area (Å²) in [6.07, 6.45) is 4.39. The van der Waals surface area contributed by atoms with Crippen LogP contribution in [-0.2, 0) is 9.53 Å². The average Bonchev–Trinajstić information content (AvgIpc) is 2.83. The van der Waals surface area contributed by atoms with Gasteiger partial charge in [-0.25, -0.2) is 14.8 Å². The van der Waals surface area contributed by atoms with Gasteiger partial charge in [0.1, 0.15) is 12.4 Å². The van der Waals surface area contributed by atoms with Crippen molar-refractivity contribution in [2.45, 2.75) is 44.7 Å². The minimum absolute atomic E-state index is 0.0190. The molecule has 2 saturated heterocycles. The number of likely N-dealkylation sites (tertiary alicyclic amines) is 1. The van der Waals surface area contributed by atoms with Crippen molar-refractivity contribution in [3.8, 4) is 0 Å². The molecule has 0 spiro atoms. The van der Waals surface area contributed by atoms with E-state index in [1.807, 2.05) is 15.9 Å². The van der Waals surface area contributed by atoms with Crippen LogP contribution >= 0.6 is 0 Å². The molecule has 33 heavy (non-hydrogen) atoms. The van der Waals surface area contributed by atoms with Gasteiger partial charge in [0.2, 0.25) is 11.7 Å². The Kier molecular flexibility index (Phi) is 6.90. The monoisotopic (exact) mass is 456 g/mol. The lowest BCUT2D eigenvalue weighted by molar-refractivity contribution is -0.137. The maximum Gasteiger partial charge on any atom is 0.340 e. The van der Waals surface area contributed by atoms with Gasteiger partial charge in [0.25, 0.3) is 0 Å². The number of rotatable bonds is 6. The first-order valence-electron chi connectivity index (χ1n) is 11.3. The number of halogens is 1. The Morgan fingerprint density at radius 2 is 2.03 bits per heavy atom. The van der Waals surface area contributed by atoms with E-state index in [1.165, 1.54) is 6.33 Å². The van der Waals surface area contributed by atoms with Crippen LogP contribution in [0.25, 0.3) is 0 Å². The minimum Gasteiger partial charge on any atom is -0.462 e. The molecule has 2 aliphatic rings. The molecule has 2 aliphatic heterocycles. The van der Waals surface area contributed by atoms with Gasteiger partial charge in [-0.3, -0.25) is 4.79 Å². The lowest BCUT2D eigenvalue weighted by atomic mass is 9.97. The fourth-order valence-corrected chi connectivity index (χ4v) is 4.58. The van der Waals surface area contributed by atoms with Crippen LogP contribution in [0.4, 0.5) is 21.7 Å². The molecule has 3 heterocycles. The number of nitrogens with one attached hydrogen (secondary N) is 1. The molecule has 1 aromatic carbocycles. The maximum absolute atomic E-state index is 14.5. The summed E-state index contributed by atoms with van der Waals surface area (Å²) in [6, 6.07) is 6.54. The molecule has 1 aromatic heterocycles. The molecule has 0 saturated carbocycles. The number of hydrogen-bond acceptors (Lipinski definition) is 8. The molecule has 0 aliphatic carbocycles. The second kappa shape index (κ2) is 10.0. The van der Waals surface area contributed by atoms with Crippen molar-refractivity contribution < 1.29 is 18.7 Å². The molecule has 4 rings (SSSR count). The third-order valence-corrected chi connectivity index (χ3v) is 6.16. The van der Waals surface area contributed by atoms with Crippen LogP contribution in [0.1, 0.15) is 43.0 Å². The van der Waals surface area contributed by atoms with Crippen LogP contribution < -0.4 is 16.0 Å². The summed E-state index contributed by atoms with van der Waals surface area (Å²) in [5.41, 5.74) is 6.60. The summed E-state index contributed by atoms with van der Waals surface area (Å²) in [5, 5.41) is 3.26. The molecule has 2 aromatic rings. The molecule has 0 radical (unpaired) electrons. The zero-order valence-electron chi connectivity index (χ0n) is 18.7. The highest BCUT2D eigenvalue weighted by Gasteiger charge is 2.36. The van der Waals surface area contributed by atoms with Gasteiger partial charge in [-0.1, -0.05) is 12.1 Å². The van der Waals surface area contributed by atoms with E-state index in [0.29, 0.717) is 37.3 Å². The first-order valence-corrected chi connectivity index (χ1v) is 11.3. The van der Waals surface area contributed by atoms with E-state index in [-0.39, 0.29) is 30.2 Å². The number of nitrogens with zero attached hydrogens (tertiary/aromatic N) is 4. The van der Waals surface area contributed by atoms with Crippen molar-refractivity contribution in [2.75, 3.05) is 42.2 Å². The van der Waals surface area contributed by atoms with Crippen molar-refractivity contribution in [3.63, 3.8) is 0 Å². The normalized spacial score (nSPS) is 21.1. The van der Waals surface area contributed by atoms with Gasteiger partial charge in [-0.05, 0) is 44.7 Å². The van der Waals surface area contributed by atoms with Crippen molar-refractivity contribution in [2.24, 2.45) is 0 Å². The van der Waals surface area contributed by atoms with E-state index in [1.54, 1.807) is 25.1 Å². The first kappa shape index (κ1) is 22.8. The standard InChI is InChI=1S/C23H29FN6O3/c1-2-33-23(32)16-8-3-4-9-17(16)28-18-10-6-12-30(22(18)31)15-7-5-11-29(13-15)21-19(24)20(25)26-14-27-21/h3-4,8-9,14-15,18,28H,2,5-7,10-13H2,1H3,(H2,25,26,27). The molecule has 1 amide bonds. The number of anilines is 3. The predicted octanol–water partition coefficient (Wildman–Crippen LogP) is 2.45. The van der Waals surface area contributed by atoms with Crippen LogP contribution in [0.3, 0.4) is 0 Å². The number of carbonyl (C=O) groups is 2. The summed E-state index contributed by atoms with van der Waals surface area (Å²) in [7, 11) is 0. The highest BCUT2D eigenvalue weighted by molar-refractivity contribution is 5.97. The van der Waals surface area contributed by atoms with E-state index in [2.05, 4.69) is 15.3 Å². The third-order valence-electron chi connectivity index (χ3n) is 6.16. The van der Waals surface area contributed by atoms with E-state index < -0.39 is 17.8 Å². The minimum atomic E-state index is -0.627. The number of amides is 1. The van der Waals surface area contributed by atoms with Crippen LogP contribution in [0.15, 0.2) is 30.6 Å². The molecule has 2 atom stereocenters. The van der Waals surface area contributed by atoms with Gasteiger partial charge < -0.3 is 25.6 Å². The quantitative estimate of drug-likeness (QED) is 0.638. The first-order chi connectivity index (χ1) is 16.0. The van der Waals surface area contributed by atoms with E-state index in [0.717, 1.165) is 19.3 Å². The molecular weight excluding hydrogens is 427 g/mol. The fraction of sp³-hybridized carbons (Fsp3) is 0.478. The lowest BCUT2D eigenvalue weighted by Gasteiger charge is -2.43. The topological polar surface area (TPSA) is 114 Å². The van der Waals surface area contributed by atoms with Gasteiger partial charge in [0, 0.05) is 31.4 Å². The smallest absolute Gasteiger partial charge is 0.340 e. The average molecular weight is 457 g/mol. The SMILES string of the molecule is CCOC(=O)c1ccccc1NC1CCCN(C2CCCN(c3ncnc(N)c3F)C2)C1=O. The van der Waals surface area contributed by atoms with Crippen molar-refractivity contribution >= 4 is 29.2 Å². The molecule has 10 heteroatoms. The maximum atomic E-state index is 14.5. The third kappa shape index (κ3) is 4.84. The number of esters is 1. The Bertz CT molecular complexity index is 1020. The predicted molar refractivity (Wildman–Crippen MR) is 122 cm³/mol. The van der Waals surface area contributed by atoms with Gasteiger partial charge >= 0.3 is 5.97 Å². The molecule has 0 bridgehead atoms. The number of para-hydroxylation sites is 1. The van der Waals surface area contributed by atoms with E-state index in [9.17, 15) is 14.0 Å². The van der Waals surface area contributed by atoms with E-state index in [4.69, 9.17) is 10.5 Å². The number of hydrogen-bond donors (Lipinski definition) is 2. The van der Waals surface area contributed by atoms with Gasteiger partial charge in [-0.2, -0.15) is 4.39 Å². The van der Waals surface area contributed by atoms with Crippen molar-refractivity contribution in [1.29, 1.82) is 0 Å². The fourth-order valence-electron chi connectivity index (χ4n) is 4.58. The van der Waals surface area contributed by atoms with Crippen LogP contribution in [0, 0.1) is 5.82 Å². The number of aromatic nitrogens is 2. The van der Waals surface area contributed by atoms with Crippen LogP contribution in [0.5, 0.6) is 0 Å². The second-order valence-electron chi connectivity index (χ2n) is 8.28. The Labute approximate surface area is 192 Å². The van der Waals surface area contributed by atoms with Gasteiger partial charge in [0.05, 0.1) is 12.2 Å². The van der Waals surface area contributed by atoms with Gasteiger partial charge in [-0.15, -0.1) is 0 Å². The molecule has 3 N–H and O–H groups in total. The Morgan fingerprint density at radius 1 is 1.24 bits per heavy atom. The van der Waals surface area contributed by atoms with Gasteiger partial charge in [0.15, 0.2) is 11.6 Å².